The van der Waals surface area contributed by atoms with Gasteiger partial charge in [-0.05, 0) is 24.8 Å². The van der Waals surface area contributed by atoms with Gasteiger partial charge in [-0.15, -0.1) is 0 Å². The van der Waals surface area contributed by atoms with Crippen LogP contribution in [0.25, 0.3) is 0 Å². The van der Waals surface area contributed by atoms with E-state index in [0.717, 1.165) is 5.56 Å². The van der Waals surface area contributed by atoms with Gasteiger partial charge in [0, 0.05) is 24.8 Å². The maximum absolute atomic E-state index is 13.0. The van der Waals surface area contributed by atoms with Crippen molar-refractivity contribution in [1.82, 2.24) is 10.3 Å². The van der Waals surface area contributed by atoms with E-state index in [1.807, 2.05) is 30.3 Å². The molecule has 3 rings (SSSR count). The number of hydrogen-bond donors (Lipinski definition) is 2. The Morgan fingerprint density at radius 3 is 2.66 bits per heavy atom. The van der Waals surface area contributed by atoms with Gasteiger partial charge in [-0.3, -0.25) is 4.79 Å². The number of aromatic hydroxyl groups is 1. The number of methoxy groups -OCH3 is 1. The van der Waals surface area contributed by atoms with Crippen LogP contribution in [0.5, 0.6) is 11.5 Å². The first-order valence-corrected chi connectivity index (χ1v) is 11.8. The average Bonchev–Trinajstić information content (AvgIpc) is 2.87. The number of pyridine rings is 1. The molecule has 1 saturated heterocycles. The molecule has 0 unspecified atom stereocenters. The maximum atomic E-state index is 13.0. The van der Waals surface area contributed by atoms with Gasteiger partial charge in [-0.1, -0.05) is 44.2 Å². The fourth-order valence-electron chi connectivity index (χ4n) is 3.98. The summed E-state index contributed by atoms with van der Waals surface area (Å²) >= 11 is 0. The standard InChI is InChI=1S/C26H34N2O7/c1-16(2)13-34-24-17(3)35-26(31)20(15-33-14-19(24)12-18-8-6-5-7-9-18)28-25(30)22-23(29)21(32-4)10-11-27-22/h5-11,16-17,19-20,24,29H,12-15H2,1-4H3,(H,28,30)/t17-,19+,20-,24-/m0/s1. The summed E-state index contributed by atoms with van der Waals surface area (Å²) in [5.74, 6) is -1.47. The van der Waals surface area contributed by atoms with Crippen LogP contribution in [0.4, 0.5) is 0 Å². The van der Waals surface area contributed by atoms with E-state index in [0.29, 0.717) is 25.6 Å². The number of carbonyl (C=O) groups is 2. The van der Waals surface area contributed by atoms with Gasteiger partial charge in [0.15, 0.2) is 23.2 Å². The van der Waals surface area contributed by atoms with Crippen LogP contribution in [0, 0.1) is 11.8 Å². The third-order valence-corrected chi connectivity index (χ3v) is 5.72. The Kier molecular flexibility index (Phi) is 9.45. The molecule has 0 spiro atoms. The van der Waals surface area contributed by atoms with Gasteiger partial charge in [0.2, 0.25) is 0 Å². The second-order valence-corrected chi connectivity index (χ2v) is 9.06. The third-order valence-electron chi connectivity index (χ3n) is 5.72. The van der Waals surface area contributed by atoms with Crippen molar-refractivity contribution in [3.63, 3.8) is 0 Å². The summed E-state index contributed by atoms with van der Waals surface area (Å²) in [5.41, 5.74) is 0.867. The number of nitrogens with zero attached hydrogens (tertiary/aromatic N) is 1. The molecular weight excluding hydrogens is 452 g/mol. The predicted octanol–water partition coefficient (Wildman–Crippen LogP) is 2.76. The highest BCUT2D eigenvalue weighted by Crippen LogP contribution is 2.28. The lowest BCUT2D eigenvalue weighted by Gasteiger charge is -2.31. The zero-order valence-electron chi connectivity index (χ0n) is 20.6. The van der Waals surface area contributed by atoms with E-state index in [2.05, 4.69) is 24.1 Å². The Labute approximate surface area is 205 Å². The third kappa shape index (κ3) is 7.16. The zero-order valence-corrected chi connectivity index (χ0v) is 20.6. The van der Waals surface area contributed by atoms with Gasteiger partial charge >= 0.3 is 5.97 Å². The largest absolute Gasteiger partial charge is 0.503 e. The van der Waals surface area contributed by atoms with E-state index in [1.165, 1.54) is 19.4 Å². The lowest BCUT2D eigenvalue weighted by Crippen LogP contribution is -2.46. The number of nitrogens with one attached hydrogen (secondary N) is 1. The molecule has 1 amide bonds. The molecule has 1 aliphatic rings. The smallest absolute Gasteiger partial charge is 0.331 e. The number of aromatic nitrogens is 1. The molecule has 1 fully saturated rings. The minimum atomic E-state index is -1.08. The van der Waals surface area contributed by atoms with Crippen molar-refractivity contribution >= 4 is 11.9 Å². The monoisotopic (exact) mass is 486 g/mol. The van der Waals surface area contributed by atoms with E-state index in [9.17, 15) is 14.7 Å². The fraction of sp³-hybridized carbons (Fsp3) is 0.500. The number of benzene rings is 1. The van der Waals surface area contributed by atoms with Crippen LogP contribution in [0.15, 0.2) is 42.6 Å². The quantitative estimate of drug-likeness (QED) is 0.547. The van der Waals surface area contributed by atoms with Crippen molar-refractivity contribution in [3.8, 4) is 11.5 Å². The summed E-state index contributed by atoms with van der Waals surface area (Å²) in [6, 6.07) is 10.3. The molecule has 9 heteroatoms. The van der Waals surface area contributed by atoms with Crippen LogP contribution >= 0.6 is 0 Å². The zero-order chi connectivity index (χ0) is 25.4. The minimum absolute atomic E-state index is 0.0718. The van der Waals surface area contributed by atoms with Crippen LogP contribution < -0.4 is 10.1 Å². The summed E-state index contributed by atoms with van der Waals surface area (Å²) in [6.07, 6.45) is 1.06. The molecule has 1 aromatic carbocycles. The molecule has 2 heterocycles. The van der Waals surface area contributed by atoms with E-state index in [4.69, 9.17) is 18.9 Å². The first-order chi connectivity index (χ1) is 16.8. The van der Waals surface area contributed by atoms with Crippen molar-refractivity contribution in [1.29, 1.82) is 0 Å². The Balaban J connectivity index is 1.77. The first-order valence-electron chi connectivity index (χ1n) is 11.8. The van der Waals surface area contributed by atoms with Crippen LogP contribution in [0.1, 0.15) is 36.8 Å². The van der Waals surface area contributed by atoms with Gasteiger partial charge in [-0.25, -0.2) is 9.78 Å². The topological polar surface area (TPSA) is 116 Å². The number of cyclic esters (lactones) is 1. The molecule has 190 valence electrons. The predicted molar refractivity (Wildman–Crippen MR) is 128 cm³/mol. The number of esters is 1. The summed E-state index contributed by atoms with van der Waals surface area (Å²) in [6.45, 7) is 6.64. The molecule has 4 atom stereocenters. The van der Waals surface area contributed by atoms with Crippen LogP contribution in [0.2, 0.25) is 0 Å². The van der Waals surface area contributed by atoms with Gasteiger partial charge in [0.05, 0.1) is 26.4 Å². The highest BCUT2D eigenvalue weighted by Gasteiger charge is 2.36. The molecule has 1 aliphatic heterocycles. The van der Waals surface area contributed by atoms with Crippen LogP contribution in [0.3, 0.4) is 0 Å². The highest BCUT2D eigenvalue weighted by atomic mass is 16.6. The van der Waals surface area contributed by atoms with Crippen LogP contribution in [-0.2, 0) is 25.4 Å². The second kappa shape index (κ2) is 12.5. The summed E-state index contributed by atoms with van der Waals surface area (Å²) in [7, 11) is 1.37. The number of hydrogen-bond acceptors (Lipinski definition) is 8. The molecular formula is C26H34N2O7. The van der Waals surface area contributed by atoms with Crippen molar-refractivity contribution in [3.05, 3.63) is 53.9 Å². The normalized spacial score (nSPS) is 23.1. The molecule has 0 bridgehead atoms. The molecule has 0 radical (unpaired) electrons. The molecule has 0 saturated carbocycles. The Bertz CT molecular complexity index is 983. The Morgan fingerprint density at radius 2 is 1.97 bits per heavy atom. The summed E-state index contributed by atoms with van der Waals surface area (Å²) < 4.78 is 22.9. The molecule has 2 N–H and O–H groups in total. The van der Waals surface area contributed by atoms with Gasteiger partial charge in [0.1, 0.15) is 6.10 Å². The lowest BCUT2D eigenvalue weighted by molar-refractivity contribution is -0.160. The van der Waals surface area contributed by atoms with Gasteiger partial charge in [-0.2, -0.15) is 0 Å². The van der Waals surface area contributed by atoms with Crippen molar-refractivity contribution < 1.29 is 33.6 Å². The molecule has 2 aromatic rings. The Hall–Kier alpha value is -3.17. The molecule has 1 aromatic heterocycles. The molecule has 35 heavy (non-hydrogen) atoms. The lowest BCUT2D eigenvalue weighted by atomic mass is 9.91. The van der Waals surface area contributed by atoms with Crippen LogP contribution in [-0.4, -0.2) is 67.1 Å². The van der Waals surface area contributed by atoms with E-state index >= 15 is 0 Å². The SMILES string of the molecule is COc1ccnc(C(=O)N[C@H]2COC[C@@H](Cc3ccccc3)[C@@H](OCC(C)C)[C@H](C)OC2=O)c1O. The highest BCUT2D eigenvalue weighted by molar-refractivity contribution is 5.98. The number of rotatable bonds is 8. The summed E-state index contributed by atoms with van der Waals surface area (Å²) in [4.78, 5) is 29.7. The average molecular weight is 487 g/mol. The minimum Gasteiger partial charge on any atom is -0.503 e. The van der Waals surface area contributed by atoms with Crippen molar-refractivity contribution in [2.75, 3.05) is 26.9 Å². The van der Waals surface area contributed by atoms with Gasteiger partial charge in [0.25, 0.3) is 5.91 Å². The van der Waals surface area contributed by atoms with Crippen molar-refractivity contribution in [2.24, 2.45) is 11.8 Å². The van der Waals surface area contributed by atoms with E-state index < -0.39 is 29.8 Å². The first kappa shape index (κ1) is 26.4. The van der Waals surface area contributed by atoms with E-state index in [1.54, 1.807) is 6.92 Å². The number of carbonyl (C=O) groups excluding carboxylic acids is 2. The number of amides is 1. The molecule has 0 aliphatic carbocycles. The van der Waals surface area contributed by atoms with E-state index in [-0.39, 0.29) is 30.1 Å². The van der Waals surface area contributed by atoms with Crippen molar-refractivity contribution in [2.45, 2.75) is 45.4 Å². The summed E-state index contributed by atoms with van der Waals surface area (Å²) in [5, 5.41) is 12.8. The van der Waals surface area contributed by atoms with Gasteiger partial charge < -0.3 is 29.4 Å². The Morgan fingerprint density at radius 1 is 1.23 bits per heavy atom. The fourth-order valence-corrected chi connectivity index (χ4v) is 3.98. The molecule has 9 nitrogen and oxygen atoms in total. The second-order valence-electron chi connectivity index (χ2n) is 9.06. The number of ether oxygens (including phenoxy) is 4. The maximum Gasteiger partial charge on any atom is 0.331 e.